The number of ether oxygens (including phenoxy) is 1. The highest BCUT2D eigenvalue weighted by Gasteiger charge is 2.25. The second-order valence-electron chi connectivity index (χ2n) is 4.91. The van der Waals surface area contributed by atoms with Gasteiger partial charge in [-0.2, -0.15) is 5.26 Å². The lowest BCUT2D eigenvalue weighted by molar-refractivity contribution is 0.264. The number of fused-ring (bicyclic) bond motifs is 3. The normalized spacial score (nSPS) is 17.7. The first-order valence-electron chi connectivity index (χ1n) is 6.55. The lowest BCUT2D eigenvalue weighted by Crippen LogP contribution is -2.40. The van der Waals surface area contributed by atoms with Crippen LogP contribution in [0.5, 0.6) is 5.75 Å². The van der Waals surface area contributed by atoms with E-state index in [2.05, 4.69) is 42.3 Å². The average molecular weight is 252 g/mol. The summed E-state index contributed by atoms with van der Waals surface area (Å²) in [4.78, 5) is 2.24. The molecule has 0 saturated carbocycles. The lowest BCUT2D eigenvalue weighted by Gasteiger charge is -2.36. The van der Waals surface area contributed by atoms with Crippen LogP contribution in [-0.2, 0) is 0 Å². The van der Waals surface area contributed by atoms with Crippen molar-refractivity contribution >= 4 is 16.5 Å². The molecule has 3 heteroatoms. The van der Waals surface area contributed by atoms with Gasteiger partial charge in [-0.3, -0.25) is 0 Å². The van der Waals surface area contributed by atoms with Gasteiger partial charge in [0.15, 0.2) is 5.75 Å². The number of nitrogens with zero attached hydrogens (tertiary/aromatic N) is 2. The average Bonchev–Trinajstić information content (AvgIpc) is 2.46. The van der Waals surface area contributed by atoms with Gasteiger partial charge < -0.3 is 9.64 Å². The van der Waals surface area contributed by atoms with Crippen LogP contribution in [0.4, 0.5) is 5.69 Å². The molecule has 0 bridgehead atoms. The SMILES string of the molecule is CN1c2ccc3ccccc3c2OCC1CCC#N. The number of nitriles is 1. The Morgan fingerprint density at radius 1 is 1.32 bits per heavy atom. The summed E-state index contributed by atoms with van der Waals surface area (Å²) in [7, 11) is 2.08. The summed E-state index contributed by atoms with van der Waals surface area (Å²) in [6.45, 7) is 0.652. The molecule has 19 heavy (non-hydrogen) atoms. The van der Waals surface area contributed by atoms with Crippen LogP contribution in [0.25, 0.3) is 10.8 Å². The Morgan fingerprint density at radius 3 is 3.00 bits per heavy atom. The standard InChI is InChI=1S/C16H16N2O/c1-18-13(6-4-10-17)11-19-16-14-7-3-2-5-12(14)8-9-15(16)18/h2-3,5,7-9,13H,4,6,11H2,1H3. The van der Waals surface area contributed by atoms with Crippen LogP contribution < -0.4 is 9.64 Å². The summed E-state index contributed by atoms with van der Waals surface area (Å²) < 4.78 is 5.97. The van der Waals surface area contributed by atoms with Gasteiger partial charge in [-0.25, -0.2) is 0 Å². The molecular weight excluding hydrogens is 236 g/mol. The second kappa shape index (κ2) is 4.81. The van der Waals surface area contributed by atoms with Crippen LogP contribution in [0.2, 0.25) is 0 Å². The highest BCUT2D eigenvalue weighted by Crippen LogP contribution is 2.39. The van der Waals surface area contributed by atoms with Gasteiger partial charge in [-0.05, 0) is 17.9 Å². The lowest BCUT2D eigenvalue weighted by atomic mass is 10.0. The van der Waals surface area contributed by atoms with Crippen molar-refractivity contribution in [2.75, 3.05) is 18.6 Å². The third kappa shape index (κ3) is 2.00. The molecule has 1 unspecified atom stereocenters. The molecule has 2 aromatic carbocycles. The summed E-state index contributed by atoms with van der Waals surface area (Å²) in [6.07, 6.45) is 1.42. The molecule has 1 aliphatic rings. The van der Waals surface area contributed by atoms with Crippen molar-refractivity contribution in [3.63, 3.8) is 0 Å². The number of likely N-dealkylation sites (N-methyl/N-ethyl adjacent to an activating group) is 1. The van der Waals surface area contributed by atoms with Gasteiger partial charge in [0.2, 0.25) is 0 Å². The van der Waals surface area contributed by atoms with Crippen LogP contribution >= 0.6 is 0 Å². The van der Waals surface area contributed by atoms with E-state index in [0.29, 0.717) is 13.0 Å². The van der Waals surface area contributed by atoms with E-state index in [1.54, 1.807) is 0 Å². The Hall–Kier alpha value is -2.21. The molecule has 1 aliphatic heterocycles. The van der Waals surface area contributed by atoms with E-state index in [1.165, 1.54) is 5.39 Å². The Morgan fingerprint density at radius 2 is 2.16 bits per heavy atom. The van der Waals surface area contributed by atoms with Crippen molar-refractivity contribution in [2.24, 2.45) is 0 Å². The van der Waals surface area contributed by atoms with E-state index in [0.717, 1.165) is 23.2 Å². The van der Waals surface area contributed by atoms with Crippen LogP contribution in [0.15, 0.2) is 36.4 Å². The molecule has 2 aromatic rings. The topological polar surface area (TPSA) is 36.3 Å². The Balaban J connectivity index is 2.01. The minimum atomic E-state index is 0.285. The fourth-order valence-corrected chi connectivity index (χ4v) is 2.66. The molecule has 0 radical (unpaired) electrons. The molecule has 0 amide bonds. The number of anilines is 1. The minimum Gasteiger partial charge on any atom is -0.489 e. The van der Waals surface area contributed by atoms with E-state index >= 15 is 0 Å². The van der Waals surface area contributed by atoms with Crippen molar-refractivity contribution in [3.8, 4) is 11.8 Å². The molecule has 0 fully saturated rings. The zero-order valence-corrected chi connectivity index (χ0v) is 11.0. The molecular formula is C16H16N2O. The third-order valence-electron chi connectivity index (χ3n) is 3.80. The van der Waals surface area contributed by atoms with Gasteiger partial charge in [-0.15, -0.1) is 0 Å². The van der Waals surface area contributed by atoms with Gasteiger partial charge in [0.25, 0.3) is 0 Å². The molecule has 0 aliphatic carbocycles. The van der Waals surface area contributed by atoms with Crippen molar-refractivity contribution in [2.45, 2.75) is 18.9 Å². The first-order chi connectivity index (χ1) is 9.31. The highest BCUT2D eigenvalue weighted by molar-refractivity contribution is 5.94. The molecule has 3 nitrogen and oxygen atoms in total. The number of benzene rings is 2. The molecule has 1 atom stereocenters. The maximum atomic E-state index is 8.71. The predicted molar refractivity (Wildman–Crippen MR) is 76.5 cm³/mol. The van der Waals surface area contributed by atoms with E-state index in [4.69, 9.17) is 10.00 Å². The summed E-state index contributed by atoms with van der Waals surface area (Å²) >= 11 is 0. The van der Waals surface area contributed by atoms with Crippen LogP contribution in [-0.4, -0.2) is 19.7 Å². The van der Waals surface area contributed by atoms with E-state index < -0.39 is 0 Å². The van der Waals surface area contributed by atoms with Gasteiger partial charge in [0.1, 0.15) is 6.61 Å². The van der Waals surface area contributed by atoms with Crippen molar-refractivity contribution in [3.05, 3.63) is 36.4 Å². The summed E-state index contributed by atoms with van der Waals surface area (Å²) in [5, 5.41) is 11.1. The Labute approximate surface area is 113 Å². The number of hydrogen-bond acceptors (Lipinski definition) is 3. The Kier molecular flexibility index (Phi) is 3.00. The predicted octanol–water partition coefficient (Wildman–Crippen LogP) is 3.34. The number of hydrogen-bond donors (Lipinski definition) is 0. The monoisotopic (exact) mass is 252 g/mol. The van der Waals surface area contributed by atoms with Crippen LogP contribution in [0.1, 0.15) is 12.8 Å². The molecule has 0 saturated heterocycles. The van der Waals surface area contributed by atoms with Gasteiger partial charge in [0, 0.05) is 18.9 Å². The minimum absolute atomic E-state index is 0.285. The van der Waals surface area contributed by atoms with Gasteiger partial charge in [0.05, 0.1) is 17.8 Å². The number of rotatable bonds is 2. The summed E-state index contributed by atoms with van der Waals surface area (Å²) in [5.74, 6) is 0.966. The maximum Gasteiger partial charge on any atom is 0.150 e. The van der Waals surface area contributed by atoms with Crippen molar-refractivity contribution in [1.82, 2.24) is 0 Å². The molecule has 96 valence electrons. The van der Waals surface area contributed by atoms with Gasteiger partial charge in [-0.1, -0.05) is 30.3 Å². The molecule has 1 heterocycles. The first kappa shape index (κ1) is 11.9. The fourth-order valence-electron chi connectivity index (χ4n) is 2.66. The van der Waals surface area contributed by atoms with E-state index in [9.17, 15) is 0 Å². The van der Waals surface area contributed by atoms with E-state index in [-0.39, 0.29) is 6.04 Å². The van der Waals surface area contributed by atoms with Crippen LogP contribution in [0, 0.1) is 11.3 Å². The van der Waals surface area contributed by atoms with Crippen molar-refractivity contribution in [1.29, 1.82) is 5.26 Å². The molecule has 0 spiro atoms. The largest absolute Gasteiger partial charge is 0.489 e. The maximum absolute atomic E-state index is 8.71. The molecule has 3 rings (SSSR count). The fraction of sp³-hybridized carbons (Fsp3) is 0.312. The molecule has 0 aromatic heterocycles. The zero-order valence-electron chi connectivity index (χ0n) is 11.0. The van der Waals surface area contributed by atoms with Crippen molar-refractivity contribution < 1.29 is 4.74 Å². The second-order valence-corrected chi connectivity index (χ2v) is 4.91. The summed E-state index contributed by atoms with van der Waals surface area (Å²) in [6, 6.07) is 15.0. The first-order valence-corrected chi connectivity index (χ1v) is 6.55. The van der Waals surface area contributed by atoms with Crippen LogP contribution in [0.3, 0.4) is 0 Å². The smallest absolute Gasteiger partial charge is 0.150 e. The highest BCUT2D eigenvalue weighted by atomic mass is 16.5. The zero-order chi connectivity index (χ0) is 13.2. The summed E-state index contributed by atoms with van der Waals surface area (Å²) in [5.41, 5.74) is 1.12. The van der Waals surface area contributed by atoms with E-state index in [1.807, 2.05) is 12.1 Å². The quantitative estimate of drug-likeness (QED) is 0.822. The molecule has 0 N–H and O–H groups in total. The Bertz CT molecular complexity index is 645. The van der Waals surface area contributed by atoms with Gasteiger partial charge >= 0.3 is 0 Å². The third-order valence-corrected chi connectivity index (χ3v) is 3.80.